The van der Waals surface area contributed by atoms with Gasteiger partial charge in [-0.15, -0.1) is 0 Å². The molecule has 0 fully saturated rings. The van der Waals surface area contributed by atoms with Crippen LogP contribution in [0.4, 0.5) is 0 Å². The molecule has 0 N–H and O–H groups in total. The van der Waals surface area contributed by atoms with Crippen LogP contribution in [0, 0.1) is 0 Å². The lowest BCUT2D eigenvalue weighted by Gasteiger charge is -2.13. The van der Waals surface area contributed by atoms with Crippen molar-refractivity contribution in [2.24, 2.45) is 0 Å². The third-order valence-electron chi connectivity index (χ3n) is 2.34. The molecule has 0 atom stereocenters. The van der Waals surface area contributed by atoms with Gasteiger partial charge >= 0.3 is 0 Å². The maximum absolute atomic E-state index is 6.01. The van der Waals surface area contributed by atoms with E-state index in [9.17, 15) is 0 Å². The van der Waals surface area contributed by atoms with Crippen molar-refractivity contribution in [2.75, 3.05) is 0 Å². The highest BCUT2D eigenvalue weighted by molar-refractivity contribution is 6.51. The van der Waals surface area contributed by atoms with E-state index in [0.29, 0.717) is 0 Å². The van der Waals surface area contributed by atoms with Crippen LogP contribution in [0.25, 0.3) is 0 Å². The Kier molecular flexibility index (Phi) is 6.36. The molecule has 1 aromatic rings. The topological polar surface area (TPSA) is 9.23 Å². The summed E-state index contributed by atoms with van der Waals surface area (Å²) in [6.45, 7) is 5.29. The Balaban J connectivity index is 2.33. The van der Waals surface area contributed by atoms with Gasteiger partial charge in [-0.2, -0.15) is 0 Å². The summed E-state index contributed by atoms with van der Waals surface area (Å²) in [6, 6.07) is 13.0. The summed E-state index contributed by atoms with van der Waals surface area (Å²) in [5.41, 5.74) is 1.30. The molecule has 0 aromatic heterocycles. The van der Waals surface area contributed by atoms with Crippen molar-refractivity contribution in [1.29, 1.82) is 0 Å². The Morgan fingerprint density at radius 2 is 1.60 bits per heavy atom. The normalized spacial score (nSPS) is 10.9. The lowest BCUT2D eigenvalue weighted by Crippen LogP contribution is -2.16. The molecule has 0 unspecified atom stereocenters. The fourth-order valence-corrected chi connectivity index (χ4v) is 3.61. The van der Waals surface area contributed by atoms with Crippen molar-refractivity contribution < 1.29 is 4.43 Å². The minimum atomic E-state index is -0.544. The predicted molar refractivity (Wildman–Crippen MR) is 67.2 cm³/mol. The van der Waals surface area contributed by atoms with Gasteiger partial charge in [-0.25, -0.2) is 0 Å². The highest BCUT2D eigenvalue weighted by atomic mass is 28.3. The van der Waals surface area contributed by atoms with E-state index < -0.39 is 9.04 Å². The average molecular weight is 221 g/mol. The maximum atomic E-state index is 6.01. The molecule has 0 aliphatic carbocycles. The van der Waals surface area contributed by atoms with Crippen LogP contribution >= 0.6 is 0 Å². The fourth-order valence-electron chi connectivity index (χ4n) is 1.59. The van der Waals surface area contributed by atoms with Crippen molar-refractivity contribution in [2.45, 2.75) is 45.4 Å². The number of hydrogen-bond donors (Lipinski definition) is 0. The van der Waals surface area contributed by atoms with Crippen LogP contribution in [0.5, 0.6) is 0 Å². The molecule has 1 radical (unpaired) electrons. The van der Waals surface area contributed by atoms with Crippen molar-refractivity contribution in [3.05, 3.63) is 35.9 Å². The lowest BCUT2D eigenvalue weighted by molar-refractivity contribution is 0.305. The van der Waals surface area contributed by atoms with E-state index in [1.807, 2.05) is 6.07 Å². The van der Waals surface area contributed by atoms with Gasteiger partial charge in [0.15, 0.2) is 0 Å². The van der Waals surface area contributed by atoms with Crippen LogP contribution in [0.3, 0.4) is 0 Å². The summed E-state index contributed by atoms with van der Waals surface area (Å²) < 4.78 is 6.01. The Bertz CT molecular complexity index is 242. The van der Waals surface area contributed by atoms with Crippen molar-refractivity contribution >= 4 is 9.04 Å². The van der Waals surface area contributed by atoms with Gasteiger partial charge in [0.25, 0.3) is 0 Å². The molecule has 83 valence electrons. The van der Waals surface area contributed by atoms with E-state index in [2.05, 4.69) is 38.1 Å². The molecule has 0 spiro atoms. The van der Waals surface area contributed by atoms with Gasteiger partial charge in [-0.05, 0) is 17.7 Å². The summed E-state index contributed by atoms with van der Waals surface area (Å²) in [5.74, 6) is 0. The molecule has 2 heteroatoms. The first-order valence-corrected chi connectivity index (χ1v) is 7.70. The van der Waals surface area contributed by atoms with E-state index in [1.165, 1.54) is 30.5 Å². The number of rotatable bonds is 7. The van der Waals surface area contributed by atoms with E-state index in [0.717, 1.165) is 6.61 Å². The van der Waals surface area contributed by atoms with Gasteiger partial charge < -0.3 is 4.43 Å². The Labute approximate surface area is 95.2 Å². The first-order valence-electron chi connectivity index (χ1n) is 5.88. The number of hydrogen-bond acceptors (Lipinski definition) is 1. The van der Waals surface area contributed by atoms with Gasteiger partial charge in [-0.1, -0.05) is 57.0 Å². The Morgan fingerprint density at radius 3 is 2.13 bits per heavy atom. The van der Waals surface area contributed by atoms with E-state index >= 15 is 0 Å². The fraction of sp³-hybridized carbons (Fsp3) is 0.538. The molecule has 0 amide bonds. The van der Waals surface area contributed by atoms with E-state index in [1.54, 1.807) is 0 Å². The van der Waals surface area contributed by atoms with Gasteiger partial charge in [0.2, 0.25) is 9.04 Å². The molecule has 0 heterocycles. The van der Waals surface area contributed by atoms with Gasteiger partial charge in [0.05, 0.1) is 6.61 Å². The first-order chi connectivity index (χ1) is 7.36. The molecule has 0 aliphatic rings. The quantitative estimate of drug-likeness (QED) is 0.632. The molecule has 0 saturated carbocycles. The van der Waals surface area contributed by atoms with E-state index in [-0.39, 0.29) is 0 Å². The third kappa shape index (κ3) is 5.14. The molecule has 0 saturated heterocycles. The summed E-state index contributed by atoms with van der Waals surface area (Å²) in [4.78, 5) is 0. The lowest BCUT2D eigenvalue weighted by atomic mass is 10.2. The minimum Gasteiger partial charge on any atom is -0.412 e. The van der Waals surface area contributed by atoms with Crippen LogP contribution in [-0.4, -0.2) is 9.04 Å². The van der Waals surface area contributed by atoms with Crippen molar-refractivity contribution in [3.8, 4) is 0 Å². The molecule has 0 bridgehead atoms. The summed E-state index contributed by atoms with van der Waals surface area (Å²) in [7, 11) is -0.544. The molecular weight excluding hydrogens is 200 g/mol. The van der Waals surface area contributed by atoms with Gasteiger partial charge in [0, 0.05) is 0 Å². The van der Waals surface area contributed by atoms with Crippen LogP contribution < -0.4 is 0 Å². The average Bonchev–Trinajstić information content (AvgIpc) is 2.28. The van der Waals surface area contributed by atoms with Gasteiger partial charge in [-0.3, -0.25) is 0 Å². The molecule has 0 aliphatic heterocycles. The second-order valence-electron chi connectivity index (χ2n) is 3.81. The first kappa shape index (κ1) is 12.5. The third-order valence-corrected chi connectivity index (χ3v) is 5.01. The smallest absolute Gasteiger partial charge is 0.211 e. The van der Waals surface area contributed by atoms with Gasteiger partial charge in [0.1, 0.15) is 0 Å². The SMILES string of the molecule is CCC[Si](CCC)OCc1ccccc1. The van der Waals surface area contributed by atoms with Crippen LogP contribution in [0.1, 0.15) is 32.3 Å². The zero-order valence-corrected chi connectivity index (χ0v) is 10.8. The maximum Gasteiger partial charge on any atom is 0.211 e. The highest BCUT2D eigenvalue weighted by Gasteiger charge is 2.10. The van der Waals surface area contributed by atoms with E-state index in [4.69, 9.17) is 4.43 Å². The number of benzene rings is 1. The molecule has 1 aromatic carbocycles. The molecule has 1 nitrogen and oxygen atoms in total. The van der Waals surface area contributed by atoms with Crippen LogP contribution in [0.2, 0.25) is 12.1 Å². The molecule has 15 heavy (non-hydrogen) atoms. The monoisotopic (exact) mass is 221 g/mol. The largest absolute Gasteiger partial charge is 0.412 e. The predicted octanol–water partition coefficient (Wildman–Crippen LogP) is 4.01. The minimum absolute atomic E-state index is 0.544. The molecule has 1 rings (SSSR count). The second kappa shape index (κ2) is 7.66. The van der Waals surface area contributed by atoms with Crippen LogP contribution in [0.15, 0.2) is 30.3 Å². The second-order valence-corrected chi connectivity index (χ2v) is 6.18. The van der Waals surface area contributed by atoms with Crippen molar-refractivity contribution in [3.63, 3.8) is 0 Å². The highest BCUT2D eigenvalue weighted by Crippen LogP contribution is 2.10. The van der Waals surface area contributed by atoms with Crippen LogP contribution in [-0.2, 0) is 11.0 Å². The Morgan fingerprint density at radius 1 is 1.00 bits per heavy atom. The van der Waals surface area contributed by atoms with Crippen molar-refractivity contribution in [1.82, 2.24) is 0 Å². The summed E-state index contributed by atoms with van der Waals surface area (Å²) >= 11 is 0. The summed E-state index contributed by atoms with van der Waals surface area (Å²) in [6.07, 6.45) is 2.51. The zero-order chi connectivity index (χ0) is 10.9. The zero-order valence-electron chi connectivity index (χ0n) is 9.83. The summed E-state index contributed by atoms with van der Waals surface area (Å²) in [5, 5.41) is 0. The standard InChI is InChI=1S/C13H21OSi/c1-3-10-15(11-4-2)14-12-13-8-6-5-7-9-13/h5-9H,3-4,10-12H2,1-2H3. The molecular formula is C13H21OSi. The Hall–Kier alpha value is -0.603.